The van der Waals surface area contributed by atoms with Gasteiger partial charge in [0.25, 0.3) is 0 Å². The zero-order valence-electron chi connectivity index (χ0n) is 9.23. The average molecular weight is 211 g/mol. The van der Waals surface area contributed by atoms with Crippen LogP contribution in [0, 0.1) is 11.8 Å². The molecular formula is C14H13NO. The lowest BCUT2D eigenvalue weighted by Crippen LogP contribution is -1.96. The minimum Gasteiger partial charge on any atom is -0.492 e. The summed E-state index contributed by atoms with van der Waals surface area (Å²) in [7, 11) is 0. The Morgan fingerprint density at radius 2 is 2.19 bits per heavy atom. The summed E-state index contributed by atoms with van der Waals surface area (Å²) in [6.45, 7) is 2.46. The smallest absolute Gasteiger partial charge is 0.128 e. The first-order chi connectivity index (χ1) is 7.92. The molecule has 1 aromatic carbocycles. The molecule has 2 heteroatoms. The fourth-order valence-electron chi connectivity index (χ4n) is 1.54. The predicted molar refractivity (Wildman–Crippen MR) is 65.3 cm³/mol. The molecule has 0 N–H and O–H groups in total. The number of ether oxygens (including phenoxy) is 1. The second-order valence-electron chi connectivity index (χ2n) is 3.35. The molecule has 2 aromatic rings. The first-order valence-corrected chi connectivity index (χ1v) is 5.28. The van der Waals surface area contributed by atoms with Crippen molar-refractivity contribution in [3.05, 3.63) is 36.5 Å². The van der Waals surface area contributed by atoms with Gasteiger partial charge in [-0.3, -0.25) is 4.98 Å². The van der Waals surface area contributed by atoms with Gasteiger partial charge in [-0.15, -0.1) is 11.8 Å². The molecule has 0 saturated heterocycles. The van der Waals surface area contributed by atoms with Crippen molar-refractivity contribution in [2.24, 2.45) is 0 Å². The molecule has 1 heterocycles. The van der Waals surface area contributed by atoms with Gasteiger partial charge in [0.2, 0.25) is 0 Å². The van der Waals surface area contributed by atoms with Crippen molar-refractivity contribution in [3.63, 3.8) is 0 Å². The number of pyridine rings is 1. The lowest BCUT2D eigenvalue weighted by Gasteiger charge is -2.06. The fourth-order valence-corrected chi connectivity index (χ4v) is 1.54. The van der Waals surface area contributed by atoms with Gasteiger partial charge >= 0.3 is 0 Å². The first-order valence-electron chi connectivity index (χ1n) is 5.28. The molecule has 0 spiro atoms. The molecule has 80 valence electrons. The summed E-state index contributed by atoms with van der Waals surface area (Å²) in [5.41, 5.74) is 0.960. The maximum atomic E-state index is 5.68. The highest BCUT2D eigenvalue weighted by Gasteiger charge is 2.00. The summed E-state index contributed by atoms with van der Waals surface area (Å²) >= 11 is 0. The highest BCUT2D eigenvalue weighted by molar-refractivity contribution is 5.84. The Bertz CT molecular complexity index is 532. The number of aromatic nitrogens is 1. The van der Waals surface area contributed by atoms with Gasteiger partial charge in [-0.05, 0) is 31.2 Å². The minimum atomic E-state index is 0.620. The van der Waals surface area contributed by atoms with E-state index in [1.165, 1.54) is 0 Å². The normalized spacial score (nSPS) is 9.56. The van der Waals surface area contributed by atoms with Gasteiger partial charge in [0.05, 0.1) is 12.1 Å². The summed E-state index contributed by atoms with van der Waals surface area (Å²) in [4.78, 5) is 4.28. The maximum absolute atomic E-state index is 5.68. The fraction of sp³-hybridized carbons (Fsp3) is 0.214. The highest BCUT2D eigenvalue weighted by Crippen LogP contribution is 2.23. The van der Waals surface area contributed by atoms with Crippen molar-refractivity contribution >= 4 is 10.9 Å². The Balaban J connectivity index is 2.19. The lowest BCUT2D eigenvalue weighted by atomic mass is 10.2. The molecule has 0 bridgehead atoms. The van der Waals surface area contributed by atoms with Crippen molar-refractivity contribution in [2.75, 3.05) is 6.61 Å². The molecule has 0 saturated carbocycles. The molecule has 0 unspecified atom stereocenters. The standard InChI is InChI=1S/C14H13NO/c1-2-3-4-11-16-14-9-5-8-13-12(14)7-6-10-15-13/h5-10H,4,11H2,1H3. The molecule has 2 rings (SSSR count). The monoisotopic (exact) mass is 211 g/mol. The third kappa shape index (κ3) is 2.32. The van der Waals surface area contributed by atoms with E-state index in [4.69, 9.17) is 4.74 Å². The van der Waals surface area contributed by atoms with E-state index in [0.717, 1.165) is 23.1 Å². The van der Waals surface area contributed by atoms with Gasteiger partial charge in [-0.2, -0.15) is 0 Å². The second kappa shape index (κ2) is 5.18. The number of rotatable bonds is 3. The second-order valence-corrected chi connectivity index (χ2v) is 3.35. The van der Waals surface area contributed by atoms with Crippen LogP contribution in [-0.2, 0) is 0 Å². The van der Waals surface area contributed by atoms with Crippen LogP contribution in [-0.4, -0.2) is 11.6 Å². The number of fused-ring (bicyclic) bond motifs is 1. The number of benzene rings is 1. The number of hydrogen-bond acceptors (Lipinski definition) is 2. The molecule has 1 aromatic heterocycles. The summed E-state index contributed by atoms with van der Waals surface area (Å²) < 4.78 is 5.68. The van der Waals surface area contributed by atoms with Gasteiger partial charge in [0.15, 0.2) is 0 Å². The summed E-state index contributed by atoms with van der Waals surface area (Å²) in [5.74, 6) is 6.70. The Labute approximate surface area is 95.3 Å². The van der Waals surface area contributed by atoms with Crippen LogP contribution in [0.3, 0.4) is 0 Å². The van der Waals surface area contributed by atoms with Crippen LogP contribution in [0.4, 0.5) is 0 Å². The molecular weight excluding hydrogens is 198 g/mol. The zero-order valence-corrected chi connectivity index (χ0v) is 9.23. The Hall–Kier alpha value is -2.01. The molecule has 0 amide bonds. The number of nitrogens with zero attached hydrogens (tertiary/aromatic N) is 1. The van der Waals surface area contributed by atoms with Crippen LogP contribution >= 0.6 is 0 Å². The van der Waals surface area contributed by atoms with Crippen LogP contribution in [0.15, 0.2) is 36.5 Å². The molecule has 0 fully saturated rings. The van der Waals surface area contributed by atoms with E-state index in [0.29, 0.717) is 6.61 Å². The van der Waals surface area contributed by atoms with Crippen LogP contribution < -0.4 is 4.74 Å². The predicted octanol–water partition coefficient (Wildman–Crippen LogP) is 3.03. The lowest BCUT2D eigenvalue weighted by molar-refractivity contribution is 0.331. The molecule has 16 heavy (non-hydrogen) atoms. The quantitative estimate of drug-likeness (QED) is 0.575. The SMILES string of the molecule is CC#CCCOc1cccc2ncccc12. The molecule has 0 aliphatic rings. The Morgan fingerprint density at radius 1 is 1.25 bits per heavy atom. The van der Waals surface area contributed by atoms with E-state index in [-0.39, 0.29) is 0 Å². The Kier molecular flexibility index (Phi) is 3.40. The van der Waals surface area contributed by atoms with Gasteiger partial charge in [0.1, 0.15) is 5.75 Å². The molecule has 0 radical (unpaired) electrons. The third-order valence-corrected chi connectivity index (χ3v) is 2.27. The minimum absolute atomic E-state index is 0.620. The van der Waals surface area contributed by atoms with E-state index < -0.39 is 0 Å². The maximum Gasteiger partial charge on any atom is 0.128 e. The van der Waals surface area contributed by atoms with Crippen molar-refractivity contribution < 1.29 is 4.74 Å². The highest BCUT2D eigenvalue weighted by atomic mass is 16.5. The van der Waals surface area contributed by atoms with Crippen molar-refractivity contribution in [1.29, 1.82) is 0 Å². The summed E-state index contributed by atoms with van der Waals surface area (Å²) in [6, 6.07) is 9.83. The Morgan fingerprint density at radius 3 is 3.06 bits per heavy atom. The molecule has 0 aliphatic carbocycles. The van der Waals surface area contributed by atoms with Crippen molar-refractivity contribution in [3.8, 4) is 17.6 Å². The first kappa shape index (κ1) is 10.5. The molecule has 2 nitrogen and oxygen atoms in total. The van der Waals surface area contributed by atoms with Gasteiger partial charge in [-0.25, -0.2) is 0 Å². The van der Waals surface area contributed by atoms with Crippen molar-refractivity contribution in [2.45, 2.75) is 13.3 Å². The largest absolute Gasteiger partial charge is 0.492 e. The summed E-state index contributed by atoms with van der Waals surface area (Å²) in [6.07, 6.45) is 2.54. The van der Waals surface area contributed by atoms with Crippen molar-refractivity contribution in [1.82, 2.24) is 4.98 Å². The zero-order chi connectivity index (χ0) is 11.2. The average Bonchev–Trinajstić information content (AvgIpc) is 2.35. The van der Waals surface area contributed by atoms with E-state index in [2.05, 4.69) is 16.8 Å². The van der Waals surface area contributed by atoms with E-state index in [9.17, 15) is 0 Å². The third-order valence-electron chi connectivity index (χ3n) is 2.27. The van der Waals surface area contributed by atoms with E-state index >= 15 is 0 Å². The van der Waals surface area contributed by atoms with Crippen LogP contribution in [0.5, 0.6) is 5.75 Å². The summed E-state index contributed by atoms with van der Waals surface area (Å²) in [5, 5.41) is 1.05. The number of hydrogen-bond donors (Lipinski definition) is 0. The van der Waals surface area contributed by atoms with Gasteiger partial charge in [0, 0.05) is 18.0 Å². The van der Waals surface area contributed by atoms with Crippen LogP contribution in [0.25, 0.3) is 10.9 Å². The van der Waals surface area contributed by atoms with E-state index in [1.54, 1.807) is 6.20 Å². The molecule has 0 atom stereocenters. The topological polar surface area (TPSA) is 22.1 Å². The van der Waals surface area contributed by atoms with Crippen LogP contribution in [0.1, 0.15) is 13.3 Å². The van der Waals surface area contributed by atoms with Gasteiger partial charge < -0.3 is 4.74 Å². The molecule has 0 aliphatic heterocycles. The van der Waals surface area contributed by atoms with Crippen LogP contribution in [0.2, 0.25) is 0 Å². The van der Waals surface area contributed by atoms with Gasteiger partial charge in [-0.1, -0.05) is 6.07 Å². The van der Waals surface area contributed by atoms with E-state index in [1.807, 2.05) is 37.3 Å².